The Morgan fingerprint density at radius 3 is 2.72 bits per heavy atom. The van der Waals surface area contributed by atoms with E-state index in [0.717, 1.165) is 27.9 Å². The molecule has 0 aliphatic heterocycles. The largest absolute Gasteiger partial charge is 0.441 e. The summed E-state index contributed by atoms with van der Waals surface area (Å²) >= 11 is 0. The monoisotopic (exact) mass is 240 g/mol. The van der Waals surface area contributed by atoms with Crippen LogP contribution in [0.3, 0.4) is 0 Å². The lowest BCUT2D eigenvalue weighted by atomic mass is 10.1. The van der Waals surface area contributed by atoms with Crippen LogP contribution >= 0.6 is 0 Å². The van der Waals surface area contributed by atoms with Gasteiger partial charge in [0.2, 0.25) is 0 Å². The van der Waals surface area contributed by atoms with Crippen LogP contribution in [0.4, 0.5) is 5.82 Å². The summed E-state index contributed by atoms with van der Waals surface area (Å²) in [5, 5.41) is 8.01. The van der Waals surface area contributed by atoms with E-state index in [9.17, 15) is 0 Å². The van der Waals surface area contributed by atoms with Crippen LogP contribution < -0.4 is 5.73 Å². The third-order valence-corrected chi connectivity index (χ3v) is 2.81. The van der Waals surface area contributed by atoms with Crippen molar-refractivity contribution in [2.45, 2.75) is 13.8 Å². The van der Waals surface area contributed by atoms with Crippen molar-refractivity contribution in [1.29, 1.82) is 0 Å². The van der Waals surface area contributed by atoms with Gasteiger partial charge in [0.15, 0.2) is 11.5 Å². The molecule has 0 aliphatic carbocycles. The molecule has 3 rings (SSSR count). The maximum atomic E-state index is 5.66. The van der Waals surface area contributed by atoms with Gasteiger partial charge in [-0.05, 0) is 36.8 Å². The first-order valence-corrected chi connectivity index (χ1v) is 5.61. The van der Waals surface area contributed by atoms with E-state index in [2.05, 4.69) is 15.2 Å². The number of oxazole rings is 1. The first-order chi connectivity index (χ1) is 8.63. The molecule has 5 heteroatoms. The average molecular weight is 240 g/mol. The van der Waals surface area contributed by atoms with Crippen molar-refractivity contribution < 1.29 is 4.42 Å². The Balaban J connectivity index is 2.15. The van der Waals surface area contributed by atoms with Crippen molar-refractivity contribution >= 4 is 16.9 Å². The fourth-order valence-electron chi connectivity index (χ4n) is 1.84. The van der Waals surface area contributed by atoms with Gasteiger partial charge in [0.05, 0.1) is 5.69 Å². The number of nitrogen functional groups attached to an aromatic ring is 1. The number of benzene rings is 1. The van der Waals surface area contributed by atoms with Crippen molar-refractivity contribution in [1.82, 2.24) is 15.2 Å². The second-order valence-corrected chi connectivity index (χ2v) is 4.21. The van der Waals surface area contributed by atoms with E-state index in [1.165, 1.54) is 0 Å². The second kappa shape index (κ2) is 3.80. The maximum absolute atomic E-state index is 5.66. The predicted molar refractivity (Wildman–Crippen MR) is 68.9 cm³/mol. The van der Waals surface area contributed by atoms with E-state index in [1.54, 1.807) is 0 Å². The molecule has 0 unspecified atom stereocenters. The zero-order valence-corrected chi connectivity index (χ0v) is 10.1. The third-order valence-electron chi connectivity index (χ3n) is 2.81. The molecule has 18 heavy (non-hydrogen) atoms. The Kier molecular flexibility index (Phi) is 2.26. The number of anilines is 1. The topological polar surface area (TPSA) is 77.8 Å². The molecule has 0 amide bonds. The summed E-state index contributed by atoms with van der Waals surface area (Å²) < 4.78 is 5.43. The Morgan fingerprint density at radius 1 is 1.11 bits per heavy atom. The molecule has 0 atom stereocenters. The van der Waals surface area contributed by atoms with Crippen LogP contribution in [0.1, 0.15) is 11.5 Å². The molecule has 0 bridgehead atoms. The van der Waals surface area contributed by atoms with Crippen LogP contribution in [-0.4, -0.2) is 15.2 Å². The molecule has 2 aromatic heterocycles. The van der Waals surface area contributed by atoms with E-state index >= 15 is 0 Å². The van der Waals surface area contributed by atoms with Gasteiger partial charge < -0.3 is 10.2 Å². The number of rotatable bonds is 1. The molecule has 1 aromatic carbocycles. The van der Waals surface area contributed by atoms with Crippen molar-refractivity contribution in [3.05, 3.63) is 35.7 Å². The minimum Gasteiger partial charge on any atom is -0.441 e. The first kappa shape index (κ1) is 10.7. The van der Waals surface area contributed by atoms with Crippen LogP contribution in [0.5, 0.6) is 0 Å². The fourth-order valence-corrected chi connectivity index (χ4v) is 1.84. The minimum atomic E-state index is 0.456. The fraction of sp³-hybridized carbons (Fsp3) is 0.154. The Bertz CT molecular complexity index is 733. The molecule has 0 spiro atoms. The number of aromatic nitrogens is 3. The van der Waals surface area contributed by atoms with Crippen LogP contribution in [0.25, 0.3) is 22.4 Å². The lowest BCUT2D eigenvalue weighted by molar-refractivity contribution is 0.561. The number of fused-ring (bicyclic) bond motifs is 1. The van der Waals surface area contributed by atoms with Crippen LogP contribution in [0.15, 0.2) is 28.7 Å². The number of hydrogen-bond acceptors (Lipinski definition) is 5. The summed E-state index contributed by atoms with van der Waals surface area (Å²) in [4.78, 5) is 4.30. The number of nitrogens with two attached hydrogens (primary N) is 1. The minimum absolute atomic E-state index is 0.456. The van der Waals surface area contributed by atoms with Gasteiger partial charge in [-0.1, -0.05) is 0 Å². The Labute approximate surface area is 104 Å². The number of hydrogen-bond donors (Lipinski definition) is 1. The number of aryl methyl sites for hydroxylation is 2. The molecular formula is C13H12N4O. The molecule has 90 valence electrons. The highest BCUT2D eigenvalue weighted by molar-refractivity contribution is 5.79. The zero-order chi connectivity index (χ0) is 12.7. The zero-order valence-electron chi connectivity index (χ0n) is 10.1. The SMILES string of the molecule is Cc1nc2cc(-c3cc(C)c(N)nn3)ccc2o1. The van der Waals surface area contributed by atoms with Gasteiger partial charge >= 0.3 is 0 Å². The highest BCUT2D eigenvalue weighted by Crippen LogP contribution is 2.24. The Morgan fingerprint density at radius 2 is 1.94 bits per heavy atom. The summed E-state index contributed by atoms with van der Waals surface area (Å²) in [6.45, 7) is 3.74. The van der Waals surface area contributed by atoms with Gasteiger partial charge in [0.1, 0.15) is 11.3 Å². The van der Waals surface area contributed by atoms with Gasteiger partial charge in [-0.3, -0.25) is 0 Å². The van der Waals surface area contributed by atoms with Gasteiger partial charge in [0, 0.05) is 12.5 Å². The standard InChI is InChI=1S/C13H12N4O/c1-7-5-10(16-17-13(7)14)9-3-4-12-11(6-9)15-8(2)18-12/h3-6H,1-2H3,(H2,14,17). The van der Waals surface area contributed by atoms with Crippen LogP contribution in [-0.2, 0) is 0 Å². The van der Waals surface area contributed by atoms with E-state index in [-0.39, 0.29) is 0 Å². The second-order valence-electron chi connectivity index (χ2n) is 4.21. The number of nitrogens with zero attached hydrogens (tertiary/aromatic N) is 3. The van der Waals surface area contributed by atoms with Gasteiger partial charge in [0.25, 0.3) is 0 Å². The van der Waals surface area contributed by atoms with E-state index in [0.29, 0.717) is 11.7 Å². The molecule has 3 aromatic rings. The first-order valence-electron chi connectivity index (χ1n) is 5.61. The quantitative estimate of drug-likeness (QED) is 0.707. The summed E-state index contributed by atoms with van der Waals surface area (Å²) in [6.07, 6.45) is 0. The lowest BCUT2D eigenvalue weighted by Gasteiger charge is -2.02. The normalized spacial score (nSPS) is 11.0. The molecule has 0 saturated heterocycles. The third kappa shape index (κ3) is 1.69. The van der Waals surface area contributed by atoms with E-state index in [1.807, 2.05) is 38.1 Å². The smallest absolute Gasteiger partial charge is 0.192 e. The Hall–Kier alpha value is -2.43. The predicted octanol–water partition coefficient (Wildman–Crippen LogP) is 2.48. The van der Waals surface area contributed by atoms with Gasteiger partial charge in [-0.2, -0.15) is 0 Å². The van der Waals surface area contributed by atoms with Gasteiger partial charge in [-0.15, -0.1) is 10.2 Å². The molecule has 0 saturated carbocycles. The van der Waals surface area contributed by atoms with Crippen molar-refractivity contribution in [2.75, 3.05) is 5.73 Å². The summed E-state index contributed by atoms with van der Waals surface area (Å²) in [5.74, 6) is 1.11. The maximum Gasteiger partial charge on any atom is 0.192 e. The molecular weight excluding hydrogens is 228 g/mol. The molecule has 0 aliphatic rings. The summed E-state index contributed by atoms with van der Waals surface area (Å²) in [7, 11) is 0. The molecule has 5 nitrogen and oxygen atoms in total. The molecule has 2 heterocycles. The molecule has 2 N–H and O–H groups in total. The average Bonchev–Trinajstić information content (AvgIpc) is 2.71. The van der Waals surface area contributed by atoms with Crippen molar-refractivity contribution in [3.63, 3.8) is 0 Å². The van der Waals surface area contributed by atoms with E-state index in [4.69, 9.17) is 10.2 Å². The summed E-state index contributed by atoms with van der Waals surface area (Å²) in [5.41, 5.74) is 9.90. The highest BCUT2D eigenvalue weighted by atomic mass is 16.3. The lowest BCUT2D eigenvalue weighted by Crippen LogP contribution is -1.97. The van der Waals surface area contributed by atoms with Crippen LogP contribution in [0, 0.1) is 13.8 Å². The van der Waals surface area contributed by atoms with E-state index < -0.39 is 0 Å². The highest BCUT2D eigenvalue weighted by Gasteiger charge is 2.07. The van der Waals surface area contributed by atoms with Crippen molar-refractivity contribution in [3.8, 4) is 11.3 Å². The van der Waals surface area contributed by atoms with Gasteiger partial charge in [-0.25, -0.2) is 4.98 Å². The molecule has 0 fully saturated rings. The van der Waals surface area contributed by atoms with Crippen molar-refractivity contribution in [2.24, 2.45) is 0 Å². The molecule has 0 radical (unpaired) electrons. The van der Waals surface area contributed by atoms with Crippen LogP contribution in [0.2, 0.25) is 0 Å². The summed E-state index contributed by atoms with van der Waals surface area (Å²) in [6, 6.07) is 7.67.